The molecular weight excluding hydrogens is 283 g/mol. The van der Waals surface area contributed by atoms with E-state index in [0.717, 1.165) is 5.56 Å². The predicted molar refractivity (Wildman–Crippen MR) is 82.6 cm³/mol. The SMILES string of the molecule is CC(CN)C(=O)NC(c1ccc(Cl)cc1)C(C)C.Cl. The van der Waals surface area contributed by atoms with Gasteiger partial charge in [0.25, 0.3) is 0 Å². The van der Waals surface area contributed by atoms with Crippen molar-refractivity contribution >= 4 is 29.9 Å². The number of hydrogen-bond donors (Lipinski definition) is 2. The van der Waals surface area contributed by atoms with Gasteiger partial charge in [0.15, 0.2) is 0 Å². The van der Waals surface area contributed by atoms with E-state index in [1.54, 1.807) is 0 Å². The highest BCUT2D eigenvalue weighted by Crippen LogP contribution is 2.23. The number of halogens is 2. The Morgan fingerprint density at radius 3 is 2.21 bits per heavy atom. The monoisotopic (exact) mass is 304 g/mol. The van der Waals surface area contributed by atoms with E-state index in [-0.39, 0.29) is 30.3 Å². The molecule has 1 rings (SSSR count). The second kappa shape index (κ2) is 8.41. The minimum absolute atomic E-state index is 0. The first-order chi connectivity index (χ1) is 8.45. The van der Waals surface area contributed by atoms with Gasteiger partial charge >= 0.3 is 0 Å². The van der Waals surface area contributed by atoms with Crippen molar-refractivity contribution in [1.82, 2.24) is 5.32 Å². The van der Waals surface area contributed by atoms with Gasteiger partial charge in [-0.25, -0.2) is 0 Å². The van der Waals surface area contributed by atoms with E-state index in [0.29, 0.717) is 17.5 Å². The van der Waals surface area contributed by atoms with Crippen molar-refractivity contribution in [3.05, 3.63) is 34.9 Å². The molecule has 0 aliphatic rings. The highest BCUT2D eigenvalue weighted by atomic mass is 35.5. The third-order valence-electron chi connectivity index (χ3n) is 2.99. The molecule has 0 saturated heterocycles. The first-order valence-electron chi connectivity index (χ1n) is 6.21. The second-order valence-corrected chi connectivity index (χ2v) is 5.36. The highest BCUT2D eigenvalue weighted by molar-refractivity contribution is 6.30. The molecule has 19 heavy (non-hydrogen) atoms. The molecule has 1 aromatic carbocycles. The Bertz CT molecular complexity index is 393. The van der Waals surface area contributed by atoms with E-state index < -0.39 is 0 Å². The molecule has 0 aromatic heterocycles. The van der Waals surface area contributed by atoms with Gasteiger partial charge in [-0.15, -0.1) is 12.4 Å². The molecule has 0 radical (unpaired) electrons. The van der Waals surface area contributed by atoms with Gasteiger partial charge in [-0.3, -0.25) is 4.79 Å². The summed E-state index contributed by atoms with van der Waals surface area (Å²) in [6.45, 7) is 6.34. The van der Waals surface area contributed by atoms with Crippen molar-refractivity contribution in [3.8, 4) is 0 Å². The smallest absolute Gasteiger partial charge is 0.224 e. The van der Waals surface area contributed by atoms with Crippen LogP contribution in [-0.4, -0.2) is 12.5 Å². The van der Waals surface area contributed by atoms with E-state index >= 15 is 0 Å². The number of benzene rings is 1. The largest absolute Gasteiger partial charge is 0.349 e. The van der Waals surface area contributed by atoms with E-state index in [9.17, 15) is 4.79 Å². The van der Waals surface area contributed by atoms with Gasteiger partial charge in [0.05, 0.1) is 6.04 Å². The summed E-state index contributed by atoms with van der Waals surface area (Å²) in [6.07, 6.45) is 0. The number of nitrogens with one attached hydrogen (secondary N) is 1. The maximum atomic E-state index is 11.9. The normalized spacial score (nSPS) is 13.6. The van der Waals surface area contributed by atoms with Crippen LogP contribution in [0.3, 0.4) is 0 Å². The van der Waals surface area contributed by atoms with Crippen LogP contribution in [0.15, 0.2) is 24.3 Å². The third kappa shape index (κ3) is 5.39. The van der Waals surface area contributed by atoms with Crippen LogP contribution in [0, 0.1) is 11.8 Å². The fourth-order valence-corrected chi connectivity index (χ4v) is 1.83. The lowest BCUT2D eigenvalue weighted by Crippen LogP contribution is -2.37. The third-order valence-corrected chi connectivity index (χ3v) is 3.25. The Hall–Kier alpha value is -0.770. The van der Waals surface area contributed by atoms with Crippen LogP contribution in [0.4, 0.5) is 0 Å². The molecular formula is C14H22Cl2N2O. The van der Waals surface area contributed by atoms with E-state index in [1.807, 2.05) is 31.2 Å². The lowest BCUT2D eigenvalue weighted by Gasteiger charge is -2.24. The lowest BCUT2D eigenvalue weighted by atomic mass is 9.95. The first kappa shape index (κ1) is 18.2. The minimum atomic E-state index is -0.168. The van der Waals surface area contributed by atoms with Crippen LogP contribution in [0.25, 0.3) is 0 Å². The van der Waals surface area contributed by atoms with Crippen LogP contribution in [0.1, 0.15) is 32.4 Å². The molecule has 108 valence electrons. The highest BCUT2D eigenvalue weighted by Gasteiger charge is 2.20. The number of hydrogen-bond acceptors (Lipinski definition) is 2. The molecule has 0 aliphatic carbocycles. The van der Waals surface area contributed by atoms with Gasteiger partial charge in [0, 0.05) is 17.5 Å². The van der Waals surface area contributed by atoms with Crippen molar-refractivity contribution in [2.45, 2.75) is 26.8 Å². The van der Waals surface area contributed by atoms with E-state index in [2.05, 4.69) is 19.2 Å². The molecule has 3 nitrogen and oxygen atoms in total. The van der Waals surface area contributed by atoms with Crippen LogP contribution < -0.4 is 11.1 Å². The van der Waals surface area contributed by atoms with Gasteiger partial charge in [0.1, 0.15) is 0 Å². The fourth-order valence-electron chi connectivity index (χ4n) is 1.71. The summed E-state index contributed by atoms with van der Waals surface area (Å²) in [5.41, 5.74) is 6.57. The van der Waals surface area contributed by atoms with Gasteiger partial charge in [-0.1, -0.05) is 44.5 Å². The van der Waals surface area contributed by atoms with Crippen LogP contribution in [0.5, 0.6) is 0 Å². The van der Waals surface area contributed by atoms with Crippen LogP contribution in [-0.2, 0) is 4.79 Å². The van der Waals surface area contributed by atoms with E-state index in [4.69, 9.17) is 17.3 Å². The Balaban J connectivity index is 0.00000324. The van der Waals surface area contributed by atoms with E-state index in [1.165, 1.54) is 0 Å². The van der Waals surface area contributed by atoms with Crippen LogP contribution in [0.2, 0.25) is 5.02 Å². The number of nitrogens with two attached hydrogens (primary N) is 1. The molecule has 0 saturated carbocycles. The summed E-state index contributed by atoms with van der Waals surface area (Å²) in [4.78, 5) is 11.9. The van der Waals surface area contributed by atoms with Gasteiger partial charge in [-0.05, 0) is 23.6 Å². The standard InChI is InChI=1S/C14H21ClN2O.ClH/c1-9(2)13(17-14(18)10(3)8-16)11-4-6-12(15)7-5-11;/h4-7,9-10,13H,8,16H2,1-3H3,(H,17,18);1H. The fraction of sp³-hybridized carbons (Fsp3) is 0.500. The van der Waals surface area contributed by atoms with Crippen molar-refractivity contribution in [2.75, 3.05) is 6.54 Å². The lowest BCUT2D eigenvalue weighted by molar-refractivity contribution is -0.125. The molecule has 0 spiro atoms. The zero-order valence-corrected chi connectivity index (χ0v) is 13.1. The average molecular weight is 305 g/mol. The summed E-state index contributed by atoms with van der Waals surface area (Å²) in [6, 6.07) is 7.56. The molecule has 0 bridgehead atoms. The van der Waals surface area contributed by atoms with Crippen molar-refractivity contribution in [2.24, 2.45) is 17.6 Å². The Kier molecular flexibility index (Phi) is 8.07. The molecule has 5 heteroatoms. The maximum Gasteiger partial charge on any atom is 0.224 e. The molecule has 0 aliphatic heterocycles. The zero-order chi connectivity index (χ0) is 13.7. The first-order valence-corrected chi connectivity index (χ1v) is 6.59. The average Bonchev–Trinajstić information content (AvgIpc) is 2.35. The number of amides is 1. The Morgan fingerprint density at radius 1 is 1.26 bits per heavy atom. The molecule has 1 amide bonds. The summed E-state index contributed by atoms with van der Waals surface area (Å²) in [7, 11) is 0. The van der Waals surface area contributed by atoms with Crippen molar-refractivity contribution < 1.29 is 4.79 Å². The molecule has 0 heterocycles. The maximum absolute atomic E-state index is 11.9. The zero-order valence-electron chi connectivity index (χ0n) is 11.5. The number of carbonyl (C=O) groups excluding carboxylic acids is 1. The second-order valence-electron chi connectivity index (χ2n) is 4.92. The molecule has 2 unspecified atom stereocenters. The summed E-state index contributed by atoms with van der Waals surface area (Å²) in [5.74, 6) is 0.129. The molecule has 1 aromatic rings. The Labute approximate surface area is 126 Å². The van der Waals surface area contributed by atoms with Gasteiger partial charge in [-0.2, -0.15) is 0 Å². The number of carbonyl (C=O) groups is 1. The topological polar surface area (TPSA) is 55.1 Å². The molecule has 3 N–H and O–H groups in total. The number of rotatable bonds is 5. The summed E-state index contributed by atoms with van der Waals surface area (Å²) in [5, 5.41) is 3.74. The quantitative estimate of drug-likeness (QED) is 0.878. The van der Waals surface area contributed by atoms with Crippen molar-refractivity contribution in [3.63, 3.8) is 0 Å². The summed E-state index contributed by atoms with van der Waals surface area (Å²) < 4.78 is 0. The van der Waals surface area contributed by atoms with Gasteiger partial charge in [0.2, 0.25) is 5.91 Å². The molecule has 0 fully saturated rings. The summed E-state index contributed by atoms with van der Waals surface area (Å²) >= 11 is 5.87. The van der Waals surface area contributed by atoms with Crippen molar-refractivity contribution in [1.29, 1.82) is 0 Å². The predicted octanol–water partition coefficient (Wildman–Crippen LogP) is 3.17. The van der Waals surface area contributed by atoms with Gasteiger partial charge < -0.3 is 11.1 Å². The molecule has 2 atom stereocenters. The van der Waals surface area contributed by atoms with Crippen LogP contribution >= 0.6 is 24.0 Å². The minimum Gasteiger partial charge on any atom is -0.349 e. The Morgan fingerprint density at radius 2 is 1.79 bits per heavy atom.